The summed E-state index contributed by atoms with van der Waals surface area (Å²) in [5.41, 5.74) is 1.59. The molecule has 0 radical (unpaired) electrons. The molecule has 0 bridgehead atoms. The standard InChI is InChI=1S/C35H37ClFN3O4S/c1-25-15-18-28(36)22-31(25)40(45(43,44)30-13-9-6-10-14-30)24-33(41)39(23-27-16-19-29(37)20-17-27)32(34(42)38-35(2,3)4)21-26-11-7-5-8-12-26/h5-20,22,32H,21,23-24H2,1-4H3,(H,38,42). The molecule has 0 aliphatic rings. The Bertz CT molecular complexity index is 1730. The highest BCUT2D eigenvalue weighted by atomic mass is 35.5. The second kappa shape index (κ2) is 14.3. The molecule has 4 aromatic rings. The van der Waals surface area contributed by atoms with Gasteiger partial charge in [0.05, 0.1) is 10.6 Å². The van der Waals surface area contributed by atoms with Crippen molar-refractivity contribution in [2.45, 2.75) is 57.1 Å². The lowest BCUT2D eigenvalue weighted by atomic mass is 10.0. The second-order valence-corrected chi connectivity index (χ2v) is 14.1. The van der Waals surface area contributed by atoms with Crippen LogP contribution < -0.4 is 9.62 Å². The fourth-order valence-corrected chi connectivity index (χ4v) is 6.54. The van der Waals surface area contributed by atoms with Gasteiger partial charge in [0, 0.05) is 23.5 Å². The highest BCUT2D eigenvalue weighted by molar-refractivity contribution is 7.92. The smallest absolute Gasteiger partial charge is 0.264 e. The molecule has 0 aromatic heterocycles. The molecule has 45 heavy (non-hydrogen) atoms. The fourth-order valence-electron chi connectivity index (χ4n) is 4.88. The summed E-state index contributed by atoms with van der Waals surface area (Å²) in [6.45, 7) is 6.57. The van der Waals surface area contributed by atoms with Gasteiger partial charge in [-0.25, -0.2) is 12.8 Å². The first-order valence-corrected chi connectivity index (χ1v) is 16.3. The van der Waals surface area contributed by atoms with Crippen molar-refractivity contribution in [3.8, 4) is 0 Å². The maximum Gasteiger partial charge on any atom is 0.264 e. The summed E-state index contributed by atoms with van der Waals surface area (Å²) >= 11 is 6.32. The van der Waals surface area contributed by atoms with Crippen molar-refractivity contribution in [1.29, 1.82) is 0 Å². The first-order chi connectivity index (χ1) is 21.2. The van der Waals surface area contributed by atoms with Crippen LogP contribution in [0.25, 0.3) is 0 Å². The molecule has 1 unspecified atom stereocenters. The number of nitrogens with zero attached hydrogens (tertiary/aromatic N) is 2. The quantitative estimate of drug-likeness (QED) is 0.200. The maximum atomic E-state index is 14.5. The number of hydrogen-bond donors (Lipinski definition) is 1. The second-order valence-electron chi connectivity index (χ2n) is 11.8. The topological polar surface area (TPSA) is 86.8 Å². The predicted molar refractivity (Wildman–Crippen MR) is 176 cm³/mol. The van der Waals surface area contributed by atoms with Gasteiger partial charge in [-0.2, -0.15) is 0 Å². The van der Waals surface area contributed by atoms with Gasteiger partial charge in [-0.15, -0.1) is 0 Å². The van der Waals surface area contributed by atoms with Crippen LogP contribution in [0.4, 0.5) is 10.1 Å². The van der Waals surface area contributed by atoms with Crippen molar-refractivity contribution in [3.05, 3.63) is 131 Å². The van der Waals surface area contributed by atoms with Gasteiger partial charge in [0.15, 0.2) is 0 Å². The monoisotopic (exact) mass is 649 g/mol. The molecule has 0 saturated heterocycles. The molecule has 4 aromatic carbocycles. The Hall–Kier alpha value is -4.21. The van der Waals surface area contributed by atoms with Crippen LogP contribution in [0.1, 0.15) is 37.5 Å². The van der Waals surface area contributed by atoms with E-state index in [0.29, 0.717) is 16.1 Å². The van der Waals surface area contributed by atoms with E-state index >= 15 is 0 Å². The molecule has 0 spiro atoms. The van der Waals surface area contributed by atoms with E-state index in [1.165, 1.54) is 47.4 Å². The van der Waals surface area contributed by atoms with E-state index in [1.54, 1.807) is 37.3 Å². The third-order valence-corrected chi connectivity index (χ3v) is 9.09. The number of hydrogen-bond acceptors (Lipinski definition) is 4. The minimum Gasteiger partial charge on any atom is -0.350 e. The zero-order valence-electron chi connectivity index (χ0n) is 25.7. The molecule has 1 N–H and O–H groups in total. The average molecular weight is 650 g/mol. The molecule has 7 nitrogen and oxygen atoms in total. The molecule has 4 rings (SSSR count). The maximum absolute atomic E-state index is 14.5. The predicted octanol–water partition coefficient (Wildman–Crippen LogP) is 6.54. The summed E-state index contributed by atoms with van der Waals surface area (Å²) in [7, 11) is -4.26. The lowest BCUT2D eigenvalue weighted by Gasteiger charge is -2.35. The van der Waals surface area contributed by atoms with Gasteiger partial charge in [0.25, 0.3) is 10.0 Å². The van der Waals surface area contributed by atoms with Gasteiger partial charge in [-0.1, -0.05) is 78.3 Å². The summed E-state index contributed by atoms with van der Waals surface area (Å²) in [5, 5.41) is 3.28. The van der Waals surface area contributed by atoms with E-state index in [0.717, 1.165) is 9.87 Å². The van der Waals surface area contributed by atoms with E-state index in [4.69, 9.17) is 11.6 Å². The highest BCUT2D eigenvalue weighted by Crippen LogP contribution is 2.30. The van der Waals surface area contributed by atoms with Crippen molar-refractivity contribution in [2.24, 2.45) is 0 Å². The molecule has 10 heteroatoms. The van der Waals surface area contributed by atoms with Crippen molar-refractivity contribution < 1.29 is 22.4 Å². The minimum absolute atomic E-state index is 0.00595. The molecular weight excluding hydrogens is 613 g/mol. The van der Waals surface area contributed by atoms with Gasteiger partial charge in [-0.3, -0.25) is 13.9 Å². The number of carbonyl (C=O) groups is 2. The SMILES string of the molecule is Cc1ccc(Cl)cc1N(CC(=O)N(Cc1ccc(F)cc1)C(Cc1ccccc1)C(=O)NC(C)(C)C)S(=O)(=O)c1ccccc1. The van der Waals surface area contributed by atoms with Gasteiger partial charge >= 0.3 is 0 Å². The van der Waals surface area contributed by atoms with Gasteiger partial charge < -0.3 is 10.2 Å². The van der Waals surface area contributed by atoms with Gasteiger partial charge in [0.2, 0.25) is 11.8 Å². The zero-order valence-corrected chi connectivity index (χ0v) is 27.3. The summed E-state index contributed by atoms with van der Waals surface area (Å²) in [5.74, 6) is -1.47. The number of rotatable bonds is 11. The van der Waals surface area contributed by atoms with Crippen molar-refractivity contribution in [1.82, 2.24) is 10.2 Å². The number of carbonyl (C=O) groups excluding carboxylic acids is 2. The highest BCUT2D eigenvalue weighted by Gasteiger charge is 2.36. The van der Waals surface area contributed by atoms with E-state index < -0.39 is 45.8 Å². The Balaban J connectivity index is 1.84. The normalized spacial score (nSPS) is 12.3. The largest absolute Gasteiger partial charge is 0.350 e. The number of aryl methyl sites for hydroxylation is 1. The number of sulfonamides is 1. The number of anilines is 1. The molecule has 236 valence electrons. The van der Waals surface area contributed by atoms with E-state index in [-0.39, 0.29) is 23.5 Å². The summed E-state index contributed by atoms with van der Waals surface area (Å²) < 4.78 is 43.1. The lowest BCUT2D eigenvalue weighted by molar-refractivity contribution is -0.140. The van der Waals surface area contributed by atoms with Gasteiger partial charge in [-0.05, 0) is 80.8 Å². The Morgan fingerprint density at radius 1 is 0.867 bits per heavy atom. The Morgan fingerprint density at radius 2 is 1.47 bits per heavy atom. The molecule has 1 atom stereocenters. The Kier molecular flexibility index (Phi) is 10.7. The molecular formula is C35H37ClFN3O4S. The Labute approximate surface area is 269 Å². The van der Waals surface area contributed by atoms with Gasteiger partial charge in [0.1, 0.15) is 18.4 Å². The average Bonchev–Trinajstić information content (AvgIpc) is 3.00. The zero-order chi connectivity index (χ0) is 32.8. The summed E-state index contributed by atoms with van der Waals surface area (Å²) in [6, 6.07) is 26.5. The molecule has 0 saturated carbocycles. The van der Waals surface area contributed by atoms with Crippen LogP contribution in [-0.2, 0) is 32.6 Å². The van der Waals surface area contributed by atoms with E-state index in [1.807, 2.05) is 51.1 Å². The molecule has 0 aliphatic carbocycles. The van der Waals surface area contributed by atoms with Crippen molar-refractivity contribution in [3.63, 3.8) is 0 Å². The van der Waals surface area contributed by atoms with Crippen LogP contribution in [0, 0.1) is 12.7 Å². The van der Waals surface area contributed by atoms with Crippen LogP contribution in [0.2, 0.25) is 5.02 Å². The summed E-state index contributed by atoms with van der Waals surface area (Å²) in [4.78, 5) is 29.8. The number of nitrogens with one attached hydrogen (secondary N) is 1. The van der Waals surface area contributed by atoms with Crippen LogP contribution >= 0.6 is 11.6 Å². The fraction of sp³-hybridized carbons (Fsp3) is 0.257. The first-order valence-electron chi connectivity index (χ1n) is 14.5. The molecule has 0 aliphatic heterocycles. The number of amides is 2. The minimum atomic E-state index is -4.26. The van der Waals surface area contributed by atoms with E-state index in [9.17, 15) is 22.4 Å². The van der Waals surface area contributed by atoms with Crippen LogP contribution in [0.5, 0.6) is 0 Å². The van der Waals surface area contributed by atoms with Crippen LogP contribution in [-0.4, -0.2) is 43.3 Å². The third kappa shape index (κ3) is 8.93. The number of benzene rings is 4. The molecule has 0 heterocycles. The van der Waals surface area contributed by atoms with Crippen molar-refractivity contribution in [2.75, 3.05) is 10.8 Å². The number of halogens is 2. The molecule has 0 fully saturated rings. The van der Waals surface area contributed by atoms with Crippen molar-refractivity contribution >= 4 is 39.1 Å². The molecule has 2 amide bonds. The summed E-state index contributed by atoms with van der Waals surface area (Å²) in [6.07, 6.45) is 0.164. The Morgan fingerprint density at radius 3 is 2.07 bits per heavy atom. The first kappa shape index (κ1) is 33.7. The van der Waals surface area contributed by atoms with Crippen LogP contribution in [0.3, 0.4) is 0 Å². The lowest BCUT2D eigenvalue weighted by Crippen LogP contribution is -2.56. The van der Waals surface area contributed by atoms with E-state index in [2.05, 4.69) is 5.32 Å². The van der Waals surface area contributed by atoms with Crippen LogP contribution in [0.15, 0.2) is 108 Å². The third-order valence-electron chi connectivity index (χ3n) is 7.09.